The minimum Gasteiger partial charge on any atom is -0.258 e. The van der Waals surface area contributed by atoms with Crippen molar-refractivity contribution in [2.45, 2.75) is 31.6 Å². The summed E-state index contributed by atoms with van der Waals surface area (Å²) >= 11 is 0. The van der Waals surface area contributed by atoms with Crippen molar-refractivity contribution in [1.29, 1.82) is 0 Å². The van der Waals surface area contributed by atoms with Gasteiger partial charge in [-0.1, -0.05) is 19.4 Å². The number of sulfonamides is 1. The van der Waals surface area contributed by atoms with Crippen LogP contribution in [-0.4, -0.2) is 31.2 Å². The van der Waals surface area contributed by atoms with E-state index in [4.69, 9.17) is 0 Å². The Kier molecular flexibility index (Phi) is 5.02. The molecule has 7 heteroatoms. The average molecular weight is 286 g/mol. The van der Waals surface area contributed by atoms with Gasteiger partial charge >= 0.3 is 0 Å². The Bertz CT molecular complexity index is 569. The van der Waals surface area contributed by atoms with Crippen molar-refractivity contribution >= 4 is 15.7 Å². The van der Waals surface area contributed by atoms with E-state index in [2.05, 4.69) is 0 Å². The Morgan fingerprint density at radius 1 is 1.37 bits per heavy atom. The molecule has 0 aromatic heterocycles. The fourth-order valence-corrected chi connectivity index (χ4v) is 3.20. The molecule has 0 aliphatic rings. The second kappa shape index (κ2) is 6.12. The van der Waals surface area contributed by atoms with Crippen molar-refractivity contribution < 1.29 is 13.3 Å². The molecule has 0 heterocycles. The number of nitrogens with zero attached hydrogens (tertiary/aromatic N) is 2. The Hall–Kier alpha value is -1.47. The second-order valence-electron chi connectivity index (χ2n) is 4.34. The molecule has 0 saturated carbocycles. The third-order valence-corrected chi connectivity index (χ3v) is 4.97. The van der Waals surface area contributed by atoms with Crippen LogP contribution in [0.5, 0.6) is 0 Å². The van der Waals surface area contributed by atoms with Crippen LogP contribution in [0.4, 0.5) is 5.69 Å². The van der Waals surface area contributed by atoms with Gasteiger partial charge in [0.05, 0.1) is 9.82 Å². The third kappa shape index (κ3) is 3.30. The van der Waals surface area contributed by atoms with Crippen LogP contribution in [0.3, 0.4) is 0 Å². The fourth-order valence-electron chi connectivity index (χ4n) is 1.75. The number of hydrogen-bond donors (Lipinski definition) is 0. The highest BCUT2D eigenvalue weighted by molar-refractivity contribution is 7.89. The van der Waals surface area contributed by atoms with Crippen LogP contribution in [0.2, 0.25) is 0 Å². The van der Waals surface area contributed by atoms with Crippen LogP contribution in [-0.2, 0) is 10.0 Å². The minimum atomic E-state index is -3.67. The molecular weight excluding hydrogens is 268 g/mol. The maximum Gasteiger partial charge on any atom is 0.273 e. The summed E-state index contributed by atoms with van der Waals surface area (Å²) in [4.78, 5) is 10.3. The lowest BCUT2D eigenvalue weighted by Crippen LogP contribution is -2.28. The molecule has 6 nitrogen and oxygen atoms in total. The van der Waals surface area contributed by atoms with Gasteiger partial charge < -0.3 is 0 Å². The zero-order valence-electron chi connectivity index (χ0n) is 11.3. The number of nitro benzene ring substituents is 1. The summed E-state index contributed by atoms with van der Waals surface area (Å²) in [6.07, 6.45) is 1.64. The minimum absolute atomic E-state index is 0.000281. The molecule has 0 radical (unpaired) electrons. The van der Waals surface area contributed by atoms with Gasteiger partial charge in [-0.25, -0.2) is 12.7 Å². The molecule has 0 N–H and O–H groups in total. The normalized spacial score (nSPS) is 11.8. The van der Waals surface area contributed by atoms with Gasteiger partial charge in [-0.2, -0.15) is 0 Å². The average Bonchev–Trinajstić information content (AvgIpc) is 2.35. The van der Waals surface area contributed by atoms with Crippen molar-refractivity contribution in [3.8, 4) is 0 Å². The highest BCUT2D eigenvalue weighted by atomic mass is 32.2. The summed E-state index contributed by atoms with van der Waals surface area (Å²) in [5.74, 6) is 0. The van der Waals surface area contributed by atoms with Crippen molar-refractivity contribution in [2.75, 3.05) is 13.6 Å². The van der Waals surface area contributed by atoms with E-state index >= 15 is 0 Å². The van der Waals surface area contributed by atoms with Crippen molar-refractivity contribution in [1.82, 2.24) is 4.31 Å². The van der Waals surface area contributed by atoms with Gasteiger partial charge in [0.2, 0.25) is 10.0 Å². The van der Waals surface area contributed by atoms with Gasteiger partial charge in [-0.15, -0.1) is 0 Å². The molecule has 1 aromatic carbocycles. The van der Waals surface area contributed by atoms with Crippen LogP contribution in [0.1, 0.15) is 25.3 Å². The first-order valence-corrected chi connectivity index (χ1v) is 7.46. The van der Waals surface area contributed by atoms with Crippen LogP contribution in [0.25, 0.3) is 0 Å². The van der Waals surface area contributed by atoms with E-state index in [1.807, 2.05) is 6.92 Å². The highest BCUT2D eigenvalue weighted by Gasteiger charge is 2.26. The van der Waals surface area contributed by atoms with E-state index in [0.29, 0.717) is 6.54 Å². The molecule has 0 aliphatic heterocycles. The molecule has 0 aliphatic carbocycles. The van der Waals surface area contributed by atoms with Gasteiger partial charge in [0, 0.05) is 25.2 Å². The predicted molar refractivity (Wildman–Crippen MR) is 72.6 cm³/mol. The van der Waals surface area contributed by atoms with Crippen molar-refractivity contribution in [2.24, 2.45) is 0 Å². The zero-order chi connectivity index (χ0) is 14.6. The standard InChI is InChI=1S/C12H18N2O4S/c1-4-5-9-13(3)19(17,18)12-8-6-7-11(10(12)2)14(15)16/h6-8H,4-5,9H2,1-3H3. The molecule has 0 atom stereocenters. The van der Waals surface area contributed by atoms with Crippen LogP contribution in [0, 0.1) is 17.0 Å². The van der Waals surface area contributed by atoms with E-state index in [1.165, 1.54) is 36.5 Å². The van der Waals surface area contributed by atoms with Gasteiger partial charge in [0.25, 0.3) is 5.69 Å². The quantitative estimate of drug-likeness (QED) is 0.593. The lowest BCUT2D eigenvalue weighted by atomic mass is 10.2. The first kappa shape index (κ1) is 15.6. The van der Waals surface area contributed by atoms with Crippen LogP contribution < -0.4 is 0 Å². The van der Waals surface area contributed by atoms with Gasteiger partial charge in [-0.3, -0.25) is 10.1 Å². The van der Waals surface area contributed by atoms with E-state index in [-0.39, 0.29) is 16.1 Å². The fraction of sp³-hybridized carbons (Fsp3) is 0.500. The molecule has 19 heavy (non-hydrogen) atoms. The number of nitro groups is 1. The number of benzene rings is 1. The second-order valence-corrected chi connectivity index (χ2v) is 6.35. The topological polar surface area (TPSA) is 80.5 Å². The Balaban J connectivity index is 3.22. The molecule has 1 rings (SSSR count). The Morgan fingerprint density at radius 2 is 2.00 bits per heavy atom. The van der Waals surface area contributed by atoms with Gasteiger partial charge in [-0.05, 0) is 19.4 Å². The summed E-state index contributed by atoms with van der Waals surface area (Å²) in [6.45, 7) is 3.83. The SMILES string of the molecule is CCCCN(C)S(=O)(=O)c1cccc([N+](=O)[O-])c1C. The molecule has 106 valence electrons. The summed E-state index contributed by atoms with van der Waals surface area (Å²) < 4.78 is 25.9. The third-order valence-electron chi connectivity index (χ3n) is 2.97. The summed E-state index contributed by atoms with van der Waals surface area (Å²) in [7, 11) is -2.18. The molecule has 0 bridgehead atoms. The lowest BCUT2D eigenvalue weighted by Gasteiger charge is -2.18. The highest BCUT2D eigenvalue weighted by Crippen LogP contribution is 2.26. The number of hydrogen-bond acceptors (Lipinski definition) is 4. The predicted octanol–water partition coefficient (Wildman–Crippen LogP) is 2.32. The van der Waals surface area contributed by atoms with E-state index in [9.17, 15) is 18.5 Å². The Labute approximate surface area is 113 Å². The molecule has 0 fully saturated rings. The zero-order valence-corrected chi connectivity index (χ0v) is 12.1. The van der Waals surface area contributed by atoms with E-state index in [0.717, 1.165) is 12.8 Å². The van der Waals surface area contributed by atoms with Crippen LogP contribution >= 0.6 is 0 Å². The lowest BCUT2D eigenvalue weighted by molar-refractivity contribution is -0.385. The van der Waals surface area contributed by atoms with E-state index < -0.39 is 14.9 Å². The monoisotopic (exact) mass is 286 g/mol. The van der Waals surface area contributed by atoms with Crippen molar-refractivity contribution in [3.05, 3.63) is 33.9 Å². The molecule has 0 spiro atoms. The first-order chi connectivity index (χ1) is 8.82. The number of rotatable bonds is 6. The largest absolute Gasteiger partial charge is 0.273 e. The molecular formula is C12H18N2O4S. The molecule has 0 amide bonds. The molecule has 1 aromatic rings. The van der Waals surface area contributed by atoms with Crippen LogP contribution in [0.15, 0.2) is 23.1 Å². The molecule has 0 unspecified atom stereocenters. The maximum absolute atomic E-state index is 12.3. The van der Waals surface area contributed by atoms with Gasteiger partial charge in [0.15, 0.2) is 0 Å². The summed E-state index contributed by atoms with van der Waals surface area (Å²) in [6, 6.07) is 4.10. The Morgan fingerprint density at radius 3 is 2.53 bits per heavy atom. The molecule has 0 saturated heterocycles. The van der Waals surface area contributed by atoms with Gasteiger partial charge in [0.1, 0.15) is 0 Å². The summed E-state index contributed by atoms with van der Waals surface area (Å²) in [5, 5.41) is 10.8. The summed E-state index contributed by atoms with van der Waals surface area (Å²) in [5.41, 5.74) is 0.000755. The smallest absolute Gasteiger partial charge is 0.258 e. The first-order valence-electron chi connectivity index (χ1n) is 6.02. The number of unbranched alkanes of at least 4 members (excludes halogenated alkanes) is 1. The maximum atomic E-state index is 12.3. The van der Waals surface area contributed by atoms with Crippen molar-refractivity contribution in [3.63, 3.8) is 0 Å². The van der Waals surface area contributed by atoms with E-state index in [1.54, 1.807) is 0 Å².